The minimum absolute atomic E-state index is 0.0722. The molecule has 0 amide bonds. The predicted octanol–water partition coefficient (Wildman–Crippen LogP) is -0.0308. The van der Waals surface area contributed by atoms with E-state index in [2.05, 4.69) is 9.71 Å². The fraction of sp³-hybridized carbons (Fsp3) is 0.455. The number of aromatic carboxylic acids is 1. The molecule has 0 aliphatic carbocycles. The van der Waals surface area contributed by atoms with Gasteiger partial charge < -0.3 is 5.11 Å². The zero-order chi connectivity index (χ0) is 14.8. The van der Waals surface area contributed by atoms with E-state index in [0.29, 0.717) is 24.3 Å². The van der Waals surface area contributed by atoms with Gasteiger partial charge in [0.1, 0.15) is 0 Å². The number of rotatable bonds is 4. The Morgan fingerprint density at radius 3 is 2.50 bits per heavy atom. The summed E-state index contributed by atoms with van der Waals surface area (Å²) in [4.78, 5) is 14.3. The van der Waals surface area contributed by atoms with Gasteiger partial charge in [-0.2, -0.15) is 0 Å². The Bertz CT molecular complexity index is 617. The van der Waals surface area contributed by atoms with Crippen LogP contribution in [0.25, 0.3) is 0 Å². The number of nitrogens with one attached hydrogen (secondary N) is 1. The molecule has 7 nitrogen and oxygen atoms in total. The average molecular weight is 318 g/mol. The van der Waals surface area contributed by atoms with Crippen molar-refractivity contribution in [3.05, 3.63) is 23.9 Å². The Morgan fingerprint density at radius 1 is 1.35 bits per heavy atom. The lowest BCUT2D eigenvalue weighted by atomic mass is 10.2. The monoisotopic (exact) mass is 318 g/mol. The lowest BCUT2D eigenvalue weighted by Gasteiger charge is -2.22. The van der Waals surface area contributed by atoms with E-state index in [0.717, 1.165) is 12.3 Å². The van der Waals surface area contributed by atoms with Crippen LogP contribution in [-0.4, -0.2) is 46.2 Å². The highest BCUT2D eigenvalue weighted by molar-refractivity contribution is 7.89. The van der Waals surface area contributed by atoms with E-state index in [-0.39, 0.29) is 16.6 Å². The molecule has 0 radical (unpaired) electrons. The van der Waals surface area contributed by atoms with E-state index in [4.69, 9.17) is 5.11 Å². The maximum atomic E-state index is 12.1. The van der Waals surface area contributed by atoms with Crippen LogP contribution in [0.4, 0.5) is 0 Å². The molecule has 9 heteroatoms. The Kier molecular flexibility index (Phi) is 4.51. The Balaban J connectivity index is 2.10. The molecule has 1 aromatic heterocycles. The molecule has 1 aromatic rings. The fourth-order valence-electron chi connectivity index (χ4n) is 1.86. The fourth-order valence-corrected chi connectivity index (χ4v) is 4.39. The molecule has 1 aliphatic rings. The number of pyridine rings is 1. The van der Waals surface area contributed by atoms with Crippen LogP contribution < -0.4 is 4.72 Å². The van der Waals surface area contributed by atoms with Gasteiger partial charge in [-0.05, 0) is 25.0 Å². The molecule has 0 saturated carbocycles. The number of sulfonamides is 1. The Labute approximate surface area is 118 Å². The van der Waals surface area contributed by atoms with Gasteiger partial charge in [-0.15, -0.1) is 0 Å². The molecule has 2 heterocycles. The number of nitrogens with zero attached hydrogens (tertiary/aromatic N) is 1. The van der Waals surface area contributed by atoms with Crippen LogP contribution in [0, 0.1) is 0 Å². The van der Waals surface area contributed by atoms with Crippen LogP contribution in [0.15, 0.2) is 23.4 Å². The molecule has 110 valence electrons. The lowest BCUT2D eigenvalue weighted by Crippen LogP contribution is -2.39. The predicted molar refractivity (Wildman–Crippen MR) is 72.4 cm³/mol. The van der Waals surface area contributed by atoms with E-state index < -0.39 is 26.8 Å². The summed E-state index contributed by atoms with van der Waals surface area (Å²) in [5.74, 6) is -0.193. The Morgan fingerprint density at radius 2 is 2.00 bits per heavy atom. The summed E-state index contributed by atoms with van der Waals surface area (Å²) >= 11 is 0. The van der Waals surface area contributed by atoms with Crippen molar-refractivity contribution in [3.63, 3.8) is 0 Å². The van der Waals surface area contributed by atoms with Crippen LogP contribution >= 0.6 is 0 Å². The summed E-state index contributed by atoms with van der Waals surface area (Å²) in [5.41, 5.74) is -0.0722. The topological polar surface area (TPSA) is 113 Å². The maximum absolute atomic E-state index is 12.1. The zero-order valence-electron chi connectivity index (χ0n) is 10.5. The van der Waals surface area contributed by atoms with Gasteiger partial charge >= 0.3 is 5.97 Å². The standard InChI is InChI=1S/C11H14N2O5S2/c14-11(15)8-1-2-10(12-7-8)20(17,18)13-9-3-5-19(16)6-4-9/h1-2,7,9,13H,3-6H2,(H,14,15). The number of aromatic nitrogens is 1. The smallest absolute Gasteiger partial charge is 0.337 e. The summed E-state index contributed by atoms with van der Waals surface area (Å²) in [5, 5.41) is 8.52. The molecular formula is C11H14N2O5S2. The first-order valence-corrected chi connectivity index (χ1v) is 8.92. The molecule has 20 heavy (non-hydrogen) atoms. The highest BCUT2D eigenvalue weighted by atomic mass is 32.2. The van der Waals surface area contributed by atoms with Crippen molar-refractivity contribution >= 4 is 26.8 Å². The van der Waals surface area contributed by atoms with Crippen molar-refractivity contribution in [1.29, 1.82) is 0 Å². The van der Waals surface area contributed by atoms with E-state index >= 15 is 0 Å². The van der Waals surface area contributed by atoms with Crippen LogP contribution in [-0.2, 0) is 20.8 Å². The van der Waals surface area contributed by atoms with Gasteiger partial charge in [0.25, 0.3) is 10.0 Å². The number of carboxylic acid groups (broad SMARTS) is 1. The van der Waals surface area contributed by atoms with Gasteiger partial charge in [0.2, 0.25) is 0 Å². The summed E-state index contributed by atoms with van der Waals surface area (Å²) in [6.07, 6.45) is 2.06. The summed E-state index contributed by atoms with van der Waals surface area (Å²) in [7, 11) is -4.63. The van der Waals surface area contributed by atoms with E-state index in [9.17, 15) is 17.4 Å². The van der Waals surface area contributed by atoms with Gasteiger partial charge in [0.05, 0.1) is 5.56 Å². The summed E-state index contributed by atoms with van der Waals surface area (Å²) < 4.78 is 37.9. The van der Waals surface area contributed by atoms with Crippen molar-refractivity contribution in [2.45, 2.75) is 23.9 Å². The van der Waals surface area contributed by atoms with Gasteiger partial charge in [-0.25, -0.2) is 22.9 Å². The normalized spacial score (nSPS) is 23.4. The average Bonchev–Trinajstić information content (AvgIpc) is 2.41. The first-order valence-electron chi connectivity index (χ1n) is 5.95. The van der Waals surface area contributed by atoms with Crippen molar-refractivity contribution in [2.24, 2.45) is 0 Å². The third kappa shape index (κ3) is 3.62. The van der Waals surface area contributed by atoms with Gasteiger partial charge in [-0.3, -0.25) is 4.21 Å². The molecule has 1 aliphatic heterocycles. The van der Waals surface area contributed by atoms with E-state index in [1.54, 1.807) is 0 Å². The van der Waals surface area contributed by atoms with Crippen molar-refractivity contribution in [3.8, 4) is 0 Å². The van der Waals surface area contributed by atoms with Crippen LogP contribution in [0.1, 0.15) is 23.2 Å². The van der Waals surface area contributed by atoms with E-state index in [1.807, 2.05) is 0 Å². The summed E-state index contributed by atoms with van der Waals surface area (Å²) in [6, 6.07) is 2.10. The zero-order valence-corrected chi connectivity index (χ0v) is 12.1. The lowest BCUT2D eigenvalue weighted by molar-refractivity contribution is 0.0696. The van der Waals surface area contributed by atoms with E-state index in [1.165, 1.54) is 6.07 Å². The third-order valence-electron chi connectivity index (χ3n) is 2.97. The van der Waals surface area contributed by atoms with Gasteiger partial charge in [0.15, 0.2) is 5.03 Å². The van der Waals surface area contributed by atoms with Gasteiger partial charge in [0, 0.05) is 34.5 Å². The van der Waals surface area contributed by atoms with Crippen molar-refractivity contribution < 1.29 is 22.5 Å². The first-order chi connectivity index (χ1) is 9.38. The van der Waals surface area contributed by atoms with Gasteiger partial charge in [-0.1, -0.05) is 0 Å². The second-order valence-electron chi connectivity index (χ2n) is 4.43. The highest BCUT2D eigenvalue weighted by Crippen LogP contribution is 2.13. The second kappa shape index (κ2) is 5.98. The van der Waals surface area contributed by atoms with Crippen LogP contribution in [0.2, 0.25) is 0 Å². The minimum atomic E-state index is -3.77. The number of carboxylic acids is 1. The van der Waals surface area contributed by atoms with Crippen molar-refractivity contribution in [1.82, 2.24) is 9.71 Å². The summed E-state index contributed by atoms with van der Waals surface area (Å²) in [6.45, 7) is 0. The first kappa shape index (κ1) is 15.1. The minimum Gasteiger partial charge on any atom is -0.478 e. The molecule has 0 aromatic carbocycles. The molecular weight excluding hydrogens is 304 g/mol. The Hall–Kier alpha value is -1.32. The van der Waals surface area contributed by atoms with Crippen LogP contribution in [0.5, 0.6) is 0 Å². The molecule has 2 rings (SSSR count). The molecule has 0 unspecified atom stereocenters. The number of hydrogen-bond donors (Lipinski definition) is 2. The molecule has 1 fully saturated rings. The molecule has 0 atom stereocenters. The number of hydrogen-bond acceptors (Lipinski definition) is 5. The highest BCUT2D eigenvalue weighted by Gasteiger charge is 2.25. The SMILES string of the molecule is O=C(O)c1ccc(S(=O)(=O)NC2CCS(=O)CC2)nc1. The van der Waals surface area contributed by atoms with Crippen LogP contribution in [0.3, 0.4) is 0 Å². The molecule has 2 N–H and O–H groups in total. The molecule has 1 saturated heterocycles. The van der Waals surface area contributed by atoms with Crippen molar-refractivity contribution in [2.75, 3.05) is 11.5 Å². The number of carbonyl (C=O) groups is 1. The molecule has 0 bridgehead atoms. The third-order valence-corrected chi connectivity index (χ3v) is 5.79. The second-order valence-corrected chi connectivity index (χ2v) is 7.79. The quantitative estimate of drug-likeness (QED) is 0.806. The largest absolute Gasteiger partial charge is 0.478 e. The maximum Gasteiger partial charge on any atom is 0.337 e. The molecule has 0 spiro atoms.